The molecule has 0 radical (unpaired) electrons. The molecule has 5 nitrogen and oxygen atoms in total. The number of hydrogen-bond donors (Lipinski definition) is 2. The maximum atomic E-state index is 4.73. The van der Waals surface area contributed by atoms with Gasteiger partial charge in [0.2, 0.25) is 0 Å². The molecule has 1 saturated heterocycles. The van der Waals surface area contributed by atoms with Crippen LogP contribution in [0.4, 0.5) is 5.82 Å². The number of nitrogens with one attached hydrogen (secondary N) is 2. The third-order valence-electron chi connectivity index (χ3n) is 5.95. The highest BCUT2D eigenvalue weighted by Crippen LogP contribution is 2.33. The average Bonchev–Trinajstić information content (AvgIpc) is 3.16. The van der Waals surface area contributed by atoms with Gasteiger partial charge in [-0.3, -0.25) is 4.98 Å². The van der Waals surface area contributed by atoms with Gasteiger partial charge in [0.15, 0.2) is 0 Å². The second-order valence-electron chi connectivity index (χ2n) is 8.17. The van der Waals surface area contributed by atoms with Crippen LogP contribution in [-0.2, 0) is 0 Å². The first-order chi connectivity index (χ1) is 15.6. The van der Waals surface area contributed by atoms with Crippen LogP contribution in [0.25, 0.3) is 33.3 Å². The normalized spacial score (nSPS) is 13.7. The zero-order chi connectivity index (χ0) is 22.7. The summed E-state index contributed by atoms with van der Waals surface area (Å²) < 4.78 is 0. The van der Waals surface area contributed by atoms with Crippen LogP contribution in [0.3, 0.4) is 0 Å². The van der Waals surface area contributed by atoms with Crippen molar-refractivity contribution >= 4 is 16.7 Å². The van der Waals surface area contributed by atoms with Crippen molar-refractivity contribution in [2.45, 2.75) is 34.6 Å². The number of fused-ring (bicyclic) bond motifs is 1. The van der Waals surface area contributed by atoms with E-state index in [4.69, 9.17) is 4.98 Å². The van der Waals surface area contributed by atoms with E-state index in [1.165, 1.54) is 27.8 Å². The number of piperazine rings is 1. The van der Waals surface area contributed by atoms with E-state index in [2.05, 4.69) is 69.6 Å². The summed E-state index contributed by atoms with van der Waals surface area (Å²) in [6.45, 7) is 14.3. The zero-order valence-corrected chi connectivity index (χ0v) is 19.8. The summed E-state index contributed by atoms with van der Waals surface area (Å²) in [4.78, 5) is 15.2. The van der Waals surface area contributed by atoms with Crippen LogP contribution < -0.4 is 10.2 Å². The number of nitrogens with zero attached hydrogens (tertiary/aromatic N) is 3. The summed E-state index contributed by atoms with van der Waals surface area (Å²) in [5, 5.41) is 4.64. The molecule has 1 aliphatic heterocycles. The molecule has 0 unspecified atom stereocenters. The summed E-state index contributed by atoms with van der Waals surface area (Å²) in [6, 6.07) is 15.2. The Labute approximate surface area is 190 Å². The van der Waals surface area contributed by atoms with Gasteiger partial charge in [0.1, 0.15) is 5.82 Å². The molecule has 1 fully saturated rings. The smallest absolute Gasteiger partial charge is 0.128 e. The molecule has 5 heteroatoms. The molecular formula is C27H33N5. The minimum absolute atomic E-state index is 1.01. The summed E-state index contributed by atoms with van der Waals surface area (Å²) >= 11 is 0. The highest BCUT2D eigenvalue weighted by atomic mass is 15.2. The topological polar surface area (TPSA) is 56.8 Å². The van der Waals surface area contributed by atoms with Crippen molar-refractivity contribution in [2.75, 3.05) is 31.1 Å². The monoisotopic (exact) mass is 427 g/mol. The molecule has 166 valence electrons. The minimum atomic E-state index is 1.01. The third-order valence-corrected chi connectivity index (χ3v) is 5.95. The highest BCUT2D eigenvalue weighted by Gasteiger charge is 2.13. The Kier molecular flexibility index (Phi) is 6.56. The molecule has 0 aliphatic carbocycles. The molecule has 1 aliphatic rings. The fourth-order valence-corrected chi connectivity index (χ4v) is 4.42. The number of benzene rings is 1. The maximum absolute atomic E-state index is 4.73. The highest BCUT2D eigenvalue weighted by molar-refractivity contribution is 5.93. The van der Waals surface area contributed by atoms with E-state index in [0.29, 0.717) is 0 Å². The predicted octanol–water partition coefficient (Wildman–Crippen LogP) is 5.65. The maximum Gasteiger partial charge on any atom is 0.128 e. The fourth-order valence-electron chi connectivity index (χ4n) is 4.42. The van der Waals surface area contributed by atoms with Crippen molar-refractivity contribution in [1.29, 1.82) is 0 Å². The summed E-state index contributed by atoms with van der Waals surface area (Å²) in [6.07, 6.45) is 1.99. The van der Waals surface area contributed by atoms with Gasteiger partial charge in [-0.25, -0.2) is 4.98 Å². The second-order valence-corrected chi connectivity index (χ2v) is 8.17. The first kappa shape index (κ1) is 22.0. The van der Waals surface area contributed by atoms with Gasteiger partial charge >= 0.3 is 0 Å². The first-order valence-corrected chi connectivity index (χ1v) is 11.6. The van der Waals surface area contributed by atoms with E-state index in [1.54, 1.807) is 0 Å². The van der Waals surface area contributed by atoms with E-state index in [-0.39, 0.29) is 0 Å². The van der Waals surface area contributed by atoms with Crippen LogP contribution >= 0.6 is 0 Å². The van der Waals surface area contributed by atoms with Crippen molar-refractivity contribution in [1.82, 2.24) is 20.3 Å². The number of aryl methyl sites for hydroxylation is 3. The number of hydrogen-bond acceptors (Lipinski definition) is 4. The van der Waals surface area contributed by atoms with Crippen LogP contribution in [0.5, 0.6) is 0 Å². The zero-order valence-electron chi connectivity index (χ0n) is 19.8. The van der Waals surface area contributed by atoms with Gasteiger partial charge in [-0.2, -0.15) is 0 Å². The third kappa shape index (κ3) is 4.39. The van der Waals surface area contributed by atoms with Gasteiger partial charge in [-0.15, -0.1) is 0 Å². The fraction of sp³-hybridized carbons (Fsp3) is 0.333. The number of H-pyrrole nitrogens is 1. The molecule has 4 heterocycles. The van der Waals surface area contributed by atoms with Gasteiger partial charge in [-0.05, 0) is 62.2 Å². The lowest BCUT2D eigenvalue weighted by atomic mass is 10.0. The quantitative estimate of drug-likeness (QED) is 0.443. The number of aromatic amines is 1. The van der Waals surface area contributed by atoms with Gasteiger partial charge in [0, 0.05) is 71.5 Å². The van der Waals surface area contributed by atoms with E-state index >= 15 is 0 Å². The first-order valence-electron chi connectivity index (χ1n) is 11.6. The largest absolute Gasteiger partial charge is 0.354 e. The molecule has 2 N–H and O–H groups in total. The average molecular weight is 428 g/mol. The van der Waals surface area contributed by atoms with Crippen LogP contribution in [0.1, 0.15) is 30.8 Å². The Morgan fingerprint density at radius 1 is 0.812 bits per heavy atom. The molecule has 5 rings (SSSR count). The van der Waals surface area contributed by atoms with Crippen LogP contribution in [0.15, 0.2) is 48.7 Å². The predicted molar refractivity (Wildman–Crippen MR) is 135 cm³/mol. The SMILES string of the molecule is CC.Cc1cc(-c2[nH]c3cc(-c4ccc(N5CCNCC5)nc4)ccc3c2C)cc(C)n1. The van der Waals surface area contributed by atoms with E-state index in [9.17, 15) is 0 Å². The van der Waals surface area contributed by atoms with E-state index < -0.39 is 0 Å². The van der Waals surface area contributed by atoms with Crippen molar-refractivity contribution in [3.8, 4) is 22.4 Å². The molecule has 0 bridgehead atoms. The lowest BCUT2D eigenvalue weighted by Crippen LogP contribution is -2.43. The number of rotatable bonds is 3. The summed E-state index contributed by atoms with van der Waals surface area (Å²) in [5.74, 6) is 1.06. The van der Waals surface area contributed by atoms with Crippen LogP contribution in [0.2, 0.25) is 0 Å². The second kappa shape index (κ2) is 9.53. The lowest BCUT2D eigenvalue weighted by Gasteiger charge is -2.28. The molecule has 3 aromatic heterocycles. The summed E-state index contributed by atoms with van der Waals surface area (Å²) in [7, 11) is 0. The van der Waals surface area contributed by atoms with Crippen molar-refractivity contribution < 1.29 is 0 Å². The molecule has 0 atom stereocenters. The number of anilines is 1. The van der Waals surface area contributed by atoms with Crippen molar-refractivity contribution in [3.05, 3.63) is 65.6 Å². The van der Waals surface area contributed by atoms with Gasteiger partial charge in [0.05, 0.1) is 0 Å². The van der Waals surface area contributed by atoms with Crippen LogP contribution in [-0.4, -0.2) is 41.1 Å². The van der Waals surface area contributed by atoms with Gasteiger partial charge in [-0.1, -0.05) is 26.0 Å². The van der Waals surface area contributed by atoms with Gasteiger partial charge in [0.25, 0.3) is 0 Å². The Bertz CT molecular complexity index is 1180. The Hall–Kier alpha value is -3.18. The minimum Gasteiger partial charge on any atom is -0.354 e. The molecule has 0 amide bonds. The molecule has 0 spiro atoms. The van der Waals surface area contributed by atoms with E-state index in [1.807, 2.05) is 33.9 Å². The van der Waals surface area contributed by atoms with Crippen molar-refractivity contribution in [2.24, 2.45) is 0 Å². The Morgan fingerprint density at radius 2 is 1.50 bits per heavy atom. The standard InChI is InChI=1S/C25H27N5.C2H6/c1-16-12-21(13-17(2)28-16)25-18(3)22-6-4-19(14-23(22)29-25)20-5-7-24(27-15-20)30-10-8-26-9-11-30;1-2/h4-7,12-15,26,29H,8-11H2,1-3H3;1-2H3. The van der Waals surface area contributed by atoms with Crippen LogP contribution in [0, 0.1) is 20.8 Å². The molecular weight excluding hydrogens is 394 g/mol. The molecule has 1 aromatic carbocycles. The van der Waals surface area contributed by atoms with Gasteiger partial charge < -0.3 is 15.2 Å². The molecule has 0 saturated carbocycles. The van der Waals surface area contributed by atoms with Crippen molar-refractivity contribution in [3.63, 3.8) is 0 Å². The Balaban J connectivity index is 0.00000119. The lowest BCUT2D eigenvalue weighted by molar-refractivity contribution is 0.585. The summed E-state index contributed by atoms with van der Waals surface area (Å²) in [5.41, 5.74) is 9.18. The Morgan fingerprint density at radius 3 is 2.16 bits per heavy atom. The molecule has 4 aromatic rings. The number of pyridine rings is 2. The van der Waals surface area contributed by atoms with E-state index in [0.717, 1.165) is 54.5 Å². The molecule has 32 heavy (non-hydrogen) atoms. The number of aromatic nitrogens is 3.